The van der Waals surface area contributed by atoms with Crippen LogP contribution in [0, 0.1) is 6.92 Å². The second kappa shape index (κ2) is 6.60. The summed E-state index contributed by atoms with van der Waals surface area (Å²) in [5.74, 6) is 0. The van der Waals surface area contributed by atoms with E-state index in [9.17, 15) is 8.42 Å². The molecule has 0 amide bonds. The molecule has 0 fully saturated rings. The lowest BCUT2D eigenvalue weighted by molar-refractivity contribution is 0.596. The molecule has 1 aromatic carbocycles. The number of thiophene rings is 1. The Kier molecular flexibility index (Phi) is 5.03. The van der Waals surface area contributed by atoms with Crippen LogP contribution in [-0.2, 0) is 16.6 Å². The van der Waals surface area contributed by atoms with Crippen molar-refractivity contribution in [2.45, 2.75) is 24.6 Å². The average Bonchev–Trinajstić information content (AvgIpc) is 2.94. The molecule has 0 aliphatic rings. The van der Waals surface area contributed by atoms with Crippen molar-refractivity contribution in [3.05, 3.63) is 46.8 Å². The summed E-state index contributed by atoms with van der Waals surface area (Å²) in [5.41, 5.74) is 2.77. The number of benzene rings is 1. The van der Waals surface area contributed by atoms with E-state index in [-0.39, 0.29) is 0 Å². The Hall–Kier alpha value is -1.37. The molecular weight excluding hydrogens is 304 g/mol. The van der Waals surface area contributed by atoms with Crippen LogP contribution in [0.2, 0.25) is 0 Å². The van der Waals surface area contributed by atoms with Crippen molar-refractivity contribution in [2.24, 2.45) is 0 Å². The van der Waals surface area contributed by atoms with Crippen LogP contribution in [0.5, 0.6) is 0 Å². The van der Waals surface area contributed by atoms with E-state index in [0.717, 1.165) is 17.7 Å². The fraction of sp³-hybridized carbons (Fsp3) is 0.333. The molecule has 6 heteroatoms. The highest BCUT2D eigenvalue weighted by molar-refractivity contribution is 7.94. The highest BCUT2D eigenvalue weighted by atomic mass is 32.2. The Morgan fingerprint density at radius 1 is 1.24 bits per heavy atom. The number of sulfonamides is 1. The number of nitrogens with zero attached hydrogens (tertiary/aromatic N) is 1. The Labute approximate surface area is 130 Å². The molecule has 1 heterocycles. The summed E-state index contributed by atoms with van der Waals surface area (Å²) >= 11 is 1.26. The first-order valence-corrected chi connectivity index (χ1v) is 9.11. The maximum atomic E-state index is 12.6. The van der Waals surface area contributed by atoms with Gasteiger partial charge in [0.05, 0.1) is 5.69 Å². The van der Waals surface area contributed by atoms with Crippen molar-refractivity contribution in [1.82, 2.24) is 5.32 Å². The number of anilines is 1. The lowest BCUT2D eigenvalue weighted by atomic mass is 10.2. The van der Waals surface area contributed by atoms with Crippen LogP contribution in [0.1, 0.15) is 18.1 Å². The van der Waals surface area contributed by atoms with Crippen molar-refractivity contribution < 1.29 is 8.42 Å². The molecule has 21 heavy (non-hydrogen) atoms. The monoisotopic (exact) mass is 324 g/mol. The SMILES string of the molecule is CCNCc1csc(S(=O)(=O)N(C)c2ccc(C)cc2)c1. The molecule has 114 valence electrons. The van der Waals surface area contributed by atoms with Gasteiger partial charge in [-0.15, -0.1) is 11.3 Å². The van der Waals surface area contributed by atoms with Crippen molar-refractivity contribution in [1.29, 1.82) is 0 Å². The summed E-state index contributed by atoms with van der Waals surface area (Å²) in [6.07, 6.45) is 0. The lowest BCUT2D eigenvalue weighted by Crippen LogP contribution is -2.25. The third-order valence-corrected chi connectivity index (χ3v) is 6.47. The van der Waals surface area contributed by atoms with Gasteiger partial charge in [-0.05, 0) is 42.6 Å². The standard InChI is InChI=1S/C15H20N2O2S2/c1-4-16-10-13-9-15(20-11-13)21(18,19)17(3)14-7-5-12(2)6-8-14/h5-9,11,16H,4,10H2,1-3H3. The molecule has 0 aliphatic carbocycles. The zero-order chi connectivity index (χ0) is 15.5. The Bertz CT molecular complexity index is 691. The number of hydrogen-bond donors (Lipinski definition) is 1. The van der Waals surface area contributed by atoms with Gasteiger partial charge in [-0.3, -0.25) is 4.31 Å². The molecule has 0 atom stereocenters. The Morgan fingerprint density at radius 2 is 1.90 bits per heavy atom. The zero-order valence-corrected chi connectivity index (χ0v) is 14.1. The molecule has 0 saturated heterocycles. The molecular formula is C15H20N2O2S2. The number of hydrogen-bond acceptors (Lipinski definition) is 4. The summed E-state index contributed by atoms with van der Waals surface area (Å²) < 4.78 is 26.9. The first-order valence-electron chi connectivity index (χ1n) is 6.79. The van der Waals surface area contributed by atoms with Crippen molar-refractivity contribution in [3.63, 3.8) is 0 Å². The van der Waals surface area contributed by atoms with Crippen molar-refractivity contribution in [3.8, 4) is 0 Å². The van der Waals surface area contributed by atoms with E-state index in [2.05, 4.69) is 5.32 Å². The van der Waals surface area contributed by atoms with Crippen LogP contribution in [-0.4, -0.2) is 22.0 Å². The van der Waals surface area contributed by atoms with Gasteiger partial charge < -0.3 is 5.32 Å². The average molecular weight is 324 g/mol. The molecule has 2 rings (SSSR count). The van der Waals surface area contributed by atoms with Gasteiger partial charge in [-0.1, -0.05) is 24.6 Å². The van der Waals surface area contributed by atoms with Gasteiger partial charge in [0.15, 0.2) is 0 Å². The van der Waals surface area contributed by atoms with Gasteiger partial charge in [0.2, 0.25) is 0 Å². The maximum absolute atomic E-state index is 12.6. The van der Waals surface area contributed by atoms with E-state index in [0.29, 0.717) is 16.4 Å². The van der Waals surface area contributed by atoms with Crippen LogP contribution in [0.3, 0.4) is 0 Å². The molecule has 0 bridgehead atoms. The zero-order valence-electron chi connectivity index (χ0n) is 12.5. The largest absolute Gasteiger partial charge is 0.313 e. The number of aryl methyl sites for hydroxylation is 1. The van der Waals surface area contributed by atoms with Crippen LogP contribution in [0.4, 0.5) is 5.69 Å². The summed E-state index contributed by atoms with van der Waals surface area (Å²) in [6.45, 7) is 5.55. The van der Waals surface area contributed by atoms with E-state index in [1.807, 2.05) is 43.5 Å². The molecule has 4 nitrogen and oxygen atoms in total. The van der Waals surface area contributed by atoms with Crippen LogP contribution in [0.15, 0.2) is 39.9 Å². The van der Waals surface area contributed by atoms with Gasteiger partial charge in [0.25, 0.3) is 10.0 Å². The van der Waals surface area contributed by atoms with E-state index in [1.165, 1.54) is 15.6 Å². The van der Waals surface area contributed by atoms with E-state index < -0.39 is 10.0 Å². The third kappa shape index (κ3) is 3.64. The fourth-order valence-electron chi connectivity index (χ4n) is 1.88. The summed E-state index contributed by atoms with van der Waals surface area (Å²) in [7, 11) is -1.90. The van der Waals surface area contributed by atoms with Crippen LogP contribution >= 0.6 is 11.3 Å². The Morgan fingerprint density at radius 3 is 2.52 bits per heavy atom. The second-order valence-electron chi connectivity index (χ2n) is 4.86. The van der Waals surface area contributed by atoms with Gasteiger partial charge in [-0.25, -0.2) is 8.42 Å². The summed E-state index contributed by atoms with van der Waals surface area (Å²) in [6, 6.07) is 9.20. The third-order valence-electron chi connectivity index (χ3n) is 3.22. The predicted octanol–water partition coefficient (Wildman–Crippen LogP) is 2.99. The molecule has 0 radical (unpaired) electrons. The fourth-order valence-corrected chi connectivity index (χ4v) is 4.45. The minimum absolute atomic E-state index is 0.374. The molecule has 1 N–H and O–H groups in total. The van der Waals surface area contributed by atoms with Crippen LogP contribution < -0.4 is 9.62 Å². The molecule has 0 saturated carbocycles. The lowest BCUT2D eigenvalue weighted by Gasteiger charge is -2.18. The summed E-state index contributed by atoms with van der Waals surface area (Å²) in [4.78, 5) is 0. The van der Waals surface area contributed by atoms with Crippen molar-refractivity contribution >= 4 is 27.0 Å². The quantitative estimate of drug-likeness (QED) is 0.888. The first-order chi connectivity index (χ1) is 9.95. The maximum Gasteiger partial charge on any atom is 0.273 e. The highest BCUT2D eigenvalue weighted by Gasteiger charge is 2.23. The topological polar surface area (TPSA) is 49.4 Å². The molecule has 1 aromatic heterocycles. The highest BCUT2D eigenvalue weighted by Crippen LogP contribution is 2.27. The van der Waals surface area contributed by atoms with Gasteiger partial charge in [0, 0.05) is 13.6 Å². The van der Waals surface area contributed by atoms with Crippen LogP contribution in [0.25, 0.3) is 0 Å². The smallest absolute Gasteiger partial charge is 0.273 e. The van der Waals surface area contributed by atoms with E-state index in [4.69, 9.17) is 0 Å². The molecule has 0 spiro atoms. The van der Waals surface area contributed by atoms with E-state index >= 15 is 0 Å². The van der Waals surface area contributed by atoms with Gasteiger partial charge in [0.1, 0.15) is 4.21 Å². The molecule has 2 aromatic rings. The van der Waals surface area contributed by atoms with Crippen molar-refractivity contribution in [2.75, 3.05) is 17.9 Å². The molecule has 0 unspecified atom stereocenters. The van der Waals surface area contributed by atoms with Gasteiger partial charge in [-0.2, -0.15) is 0 Å². The Balaban J connectivity index is 2.24. The molecule has 0 aliphatic heterocycles. The number of rotatable bonds is 6. The second-order valence-corrected chi connectivity index (χ2v) is 7.97. The predicted molar refractivity (Wildman–Crippen MR) is 88.5 cm³/mol. The van der Waals surface area contributed by atoms with E-state index in [1.54, 1.807) is 13.1 Å². The minimum atomic E-state index is -3.49. The number of nitrogens with one attached hydrogen (secondary N) is 1. The minimum Gasteiger partial charge on any atom is -0.313 e. The normalized spacial score (nSPS) is 11.6. The first kappa shape index (κ1) is 16.0. The summed E-state index contributed by atoms with van der Waals surface area (Å²) in [5, 5.41) is 5.08. The van der Waals surface area contributed by atoms with Gasteiger partial charge >= 0.3 is 0 Å².